The number of nitrogens with one attached hydrogen (secondary N) is 2. The van der Waals surface area contributed by atoms with Crippen molar-refractivity contribution in [1.82, 2.24) is 5.32 Å². The molecule has 1 fully saturated rings. The van der Waals surface area contributed by atoms with Gasteiger partial charge in [-0.15, -0.1) is 0 Å². The molecule has 1 aromatic rings. The second-order valence-corrected chi connectivity index (χ2v) is 5.78. The van der Waals surface area contributed by atoms with Crippen molar-refractivity contribution in [2.45, 2.75) is 50.6 Å². The molecule has 0 radical (unpaired) electrons. The second-order valence-electron chi connectivity index (χ2n) is 5.78. The molecule has 1 atom stereocenters. The molecule has 2 amide bonds. The van der Waals surface area contributed by atoms with E-state index >= 15 is 0 Å². The van der Waals surface area contributed by atoms with Gasteiger partial charge in [-0.2, -0.15) is 0 Å². The van der Waals surface area contributed by atoms with Crippen LogP contribution in [-0.4, -0.2) is 29.2 Å². The molecule has 1 saturated carbocycles. The zero-order valence-electron chi connectivity index (χ0n) is 12.5. The molecule has 0 heterocycles. The minimum absolute atomic E-state index is 0.193. The van der Waals surface area contributed by atoms with E-state index < -0.39 is 12.0 Å². The molecule has 6 heteroatoms. The number of hydrogen-bond acceptors (Lipinski definition) is 3. The summed E-state index contributed by atoms with van der Waals surface area (Å²) in [5.41, 5.74) is 7.00. The van der Waals surface area contributed by atoms with Gasteiger partial charge < -0.3 is 21.5 Å². The molecule has 1 aliphatic carbocycles. The fraction of sp³-hybridized carbons (Fsp3) is 0.500. The summed E-state index contributed by atoms with van der Waals surface area (Å²) in [7, 11) is 0. The highest BCUT2D eigenvalue weighted by Gasteiger charge is 2.16. The molecule has 1 aromatic carbocycles. The molecule has 0 aromatic heterocycles. The fourth-order valence-electron chi connectivity index (χ4n) is 2.66. The number of aliphatic carboxylic acids is 1. The van der Waals surface area contributed by atoms with Crippen molar-refractivity contribution < 1.29 is 14.7 Å². The predicted molar refractivity (Wildman–Crippen MR) is 84.8 cm³/mol. The first-order valence-electron chi connectivity index (χ1n) is 7.69. The first-order valence-corrected chi connectivity index (χ1v) is 7.69. The third-order valence-electron chi connectivity index (χ3n) is 3.93. The minimum atomic E-state index is -1.02. The van der Waals surface area contributed by atoms with Crippen molar-refractivity contribution in [3.8, 4) is 0 Å². The average Bonchev–Trinajstić information content (AvgIpc) is 2.50. The number of carbonyl (C=O) groups excluding carboxylic acids is 1. The normalized spacial score (nSPS) is 16.8. The van der Waals surface area contributed by atoms with Crippen LogP contribution in [-0.2, 0) is 11.2 Å². The van der Waals surface area contributed by atoms with Gasteiger partial charge in [0.25, 0.3) is 0 Å². The van der Waals surface area contributed by atoms with Gasteiger partial charge in [-0.3, -0.25) is 4.79 Å². The number of urea groups is 1. The zero-order valence-corrected chi connectivity index (χ0v) is 12.5. The highest BCUT2D eigenvalue weighted by atomic mass is 16.4. The SMILES string of the molecule is N[C@@H](Cc1ccc(NC(=O)NC2CCCCC2)cc1)C(=O)O. The van der Waals surface area contributed by atoms with Crippen LogP contribution in [0.2, 0.25) is 0 Å². The van der Waals surface area contributed by atoms with Crippen LogP contribution in [0, 0.1) is 0 Å². The van der Waals surface area contributed by atoms with Crippen LogP contribution in [0.4, 0.5) is 10.5 Å². The standard InChI is InChI=1S/C16H23N3O3/c17-14(15(20)21)10-11-6-8-13(9-7-11)19-16(22)18-12-4-2-1-3-5-12/h6-9,12,14H,1-5,10,17H2,(H,20,21)(H2,18,19,22)/t14-/m0/s1. The summed E-state index contributed by atoms with van der Waals surface area (Å²) in [5.74, 6) is -1.02. The zero-order chi connectivity index (χ0) is 15.9. The summed E-state index contributed by atoms with van der Waals surface area (Å²) in [5, 5.41) is 14.6. The number of anilines is 1. The van der Waals surface area contributed by atoms with E-state index in [0.717, 1.165) is 18.4 Å². The number of benzene rings is 1. The molecular formula is C16H23N3O3. The first kappa shape index (κ1) is 16.3. The topological polar surface area (TPSA) is 104 Å². The summed E-state index contributed by atoms with van der Waals surface area (Å²) in [6.07, 6.45) is 5.94. The molecule has 2 rings (SSSR count). The Balaban J connectivity index is 1.82. The van der Waals surface area contributed by atoms with Crippen LogP contribution in [0.1, 0.15) is 37.7 Å². The first-order chi connectivity index (χ1) is 10.5. The number of carboxylic acids is 1. The smallest absolute Gasteiger partial charge is 0.320 e. The van der Waals surface area contributed by atoms with Crippen molar-refractivity contribution in [3.63, 3.8) is 0 Å². The van der Waals surface area contributed by atoms with Gasteiger partial charge in [0, 0.05) is 11.7 Å². The Bertz CT molecular complexity index is 510. The van der Waals surface area contributed by atoms with E-state index in [4.69, 9.17) is 10.8 Å². The van der Waals surface area contributed by atoms with Gasteiger partial charge >= 0.3 is 12.0 Å². The van der Waals surface area contributed by atoms with Gasteiger partial charge in [0.15, 0.2) is 0 Å². The number of nitrogens with two attached hydrogens (primary N) is 1. The lowest BCUT2D eigenvalue weighted by atomic mass is 9.96. The summed E-state index contributed by atoms with van der Waals surface area (Å²) in [6, 6.07) is 6.23. The quantitative estimate of drug-likeness (QED) is 0.668. The average molecular weight is 305 g/mol. The van der Waals surface area contributed by atoms with E-state index in [-0.39, 0.29) is 18.5 Å². The minimum Gasteiger partial charge on any atom is -0.480 e. The van der Waals surface area contributed by atoms with E-state index in [1.54, 1.807) is 24.3 Å². The van der Waals surface area contributed by atoms with Gasteiger partial charge in [0.2, 0.25) is 0 Å². The number of carboxylic acid groups (broad SMARTS) is 1. The Labute approximate surface area is 130 Å². The maximum absolute atomic E-state index is 11.9. The lowest BCUT2D eigenvalue weighted by Gasteiger charge is -2.22. The van der Waals surface area contributed by atoms with Crippen LogP contribution in [0.3, 0.4) is 0 Å². The largest absolute Gasteiger partial charge is 0.480 e. The van der Waals surface area contributed by atoms with E-state index in [1.165, 1.54) is 19.3 Å². The summed E-state index contributed by atoms with van der Waals surface area (Å²) >= 11 is 0. The maximum atomic E-state index is 11.9. The maximum Gasteiger partial charge on any atom is 0.320 e. The second kappa shape index (κ2) is 7.79. The molecular weight excluding hydrogens is 282 g/mol. The molecule has 1 aliphatic rings. The van der Waals surface area contributed by atoms with Crippen LogP contribution in [0.5, 0.6) is 0 Å². The van der Waals surface area contributed by atoms with E-state index in [1.807, 2.05) is 0 Å². The summed E-state index contributed by atoms with van der Waals surface area (Å²) < 4.78 is 0. The van der Waals surface area contributed by atoms with Crippen molar-refractivity contribution >= 4 is 17.7 Å². The van der Waals surface area contributed by atoms with Crippen molar-refractivity contribution in [2.75, 3.05) is 5.32 Å². The molecule has 22 heavy (non-hydrogen) atoms. The Morgan fingerprint density at radius 3 is 2.41 bits per heavy atom. The number of hydrogen-bond donors (Lipinski definition) is 4. The monoisotopic (exact) mass is 305 g/mol. The van der Waals surface area contributed by atoms with Crippen LogP contribution in [0.25, 0.3) is 0 Å². The Morgan fingerprint density at radius 2 is 1.82 bits per heavy atom. The van der Waals surface area contributed by atoms with Crippen molar-refractivity contribution in [3.05, 3.63) is 29.8 Å². The molecule has 0 aliphatic heterocycles. The Hall–Kier alpha value is -2.08. The molecule has 120 valence electrons. The van der Waals surface area contributed by atoms with E-state index in [0.29, 0.717) is 5.69 Å². The summed E-state index contributed by atoms with van der Waals surface area (Å²) in [4.78, 5) is 22.6. The van der Waals surface area contributed by atoms with Crippen LogP contribution >= 0.6 is 0 Å². The van der Waals surface area contributed by atoms with Gasteiger partial charge in [0.1, 0.15) is 6.04 Å². The van der Waals surface area contributed by atoms with E-state index in [2.05, 4.69) is 10.6 Å². The highest BCUT2D eigenvalue weighted by molar-refractivity contribution is 5.89. The number of amides is 2. The van der Waals surface area contributed by atoms with Gasteiger partial charge in [-0.1, -0.05) is 31.4 Å². The van der Waals surface area contributed by atoms with Gasteiger partial charge in [0.05, 0.1) is 0 Å². The van der Waals surface area contributed by atoms with Crippen molar-refractivity contribution in [2.24, 2.45) is 5.73 Å². The third-order valence-corrected chi connectivity index (χ3v) is 3.93. The van der Waals surface area contributed by atoms with Crippen LogP contribution in [0.15, 0.2) is 24.3 Å². The van der Waals surface area contributed by atoms with Crippen LogP contribution < -0.4 is 16.4 Å². The lowest BCUT2D eigenvalue weighted by Crippen LogP contribution is -2.39. The Kier molecular flexibility index (Phi) is 5.77. The lowest BCUT2D eigenvalue weighted by molar-refractivity contribution is -0.138. The van der Waals surface area contributed by atoms with Gasteiger partial charge in [-0.25, -0.2) is 4.79 Å². The van der Waals surface area contributed by atoms with E-state index in [9.17, 15) is 9.59 Å². The molecule has 5 N–H and O–H groups in total. The molecule has 0 spiro atoms. The molecule has 0 unspecified atom stereocenters. The Morgan fingerprint density at radius 1 is 1.18 bits per heavy atom. The molecule has 0 saturated heterocycles. The predicted octanol–water partition coefficient (Wildman–Crippen LogP) is 2.10. The number of carbonyl (C=O) groups is 2. The number of rotatable bonds is 5. The summed E-state index contributed by atoms with van der Waals surface area (Å²) in [6.45, 7) is 0. The van der Waals surface area contributed by atoms with Gasteiger partial charge in [-0.05, 0) is 37.0 Å². The third kappa shape index (κ3) is 5.04. The molecule has 6 nitrogen and oxygen atoms in total. The molecule has 0 bridgehead atoms. The fourth-order valence-corrected chi connectivity index (χ4v) is 2.66. The van der Waals surface area contributed by atoms with Crippen molar-refractivity contribution in [1.29, 1.82) is 0 Å². The highest BCUT2D eigenvalue weighted by Crippen LogP contribution is 2.17.